The molecule has 0 heterocycles. The van der Waals surface area contributed by atoms with E-state index >= 15 is 0 Å². The molecule has 1 aromatic rings. The van der Waals surface area contributed by atoms with Crippen molar-refractivity contribution in [3.05, 3.63) is 35.9 Å². The van der Waals surface area contributed by atoms with Crippen molar-refractivity contribution in [2.75, 3.05) is 0 Å². The lowest BCUT2D eigenvalue weighted by Crippen LogP contribution is -2.47. The Kier molecular flexibility index (Phi) is 8.04. The minimum atomic E-state index is -5.18. The zero-order valence-corrected chi connectivity index (χ0v) is 13.7. The minimum absolute atomic E-state index is 0.000703. The molecule has 26 heavy (non-hydrogen) atoms. The van der Waals surface area contributed by atoms with Crippen molar-refractivity contribution < 1.29 is 37.4 Å². The number of nitrogens with one attached hydrogen (secondary N) is 1. The summed E-state index contributed by atoms with van der Waals surface area (Å²) in [7, 11) is 0. The van der Waals surface area contributed by atoms with Crippen LogP contribution in [-0.2, 0) is 25.7 Å². The van der Waals surface area contributed by atoms with Crippen LogP contribution >= 0.6 is 0 Å². The zero-order valence-electron chi connectivity index (χ0n) is 13.7. The van der Waals surface area contributed by atoms with Crippen molar-refractivity contribution in [2.45, 2.75) is 44.1 Å². The van der Waals surface area contributed by atoms with E-state index in [1.165, 1.54) is 5.32 Å². The molecule has 1 amide bonds. The molecule has 4 N–H and O–H groups in total. The van der Waals surface area contributed by atoms with Gasteiger partial charge in [0.2, 0.25) is 0 Å². The summed E-state index contributed by atoms with van der Waals surface area (Å²) < 4.78 is 41.5. The number of aliphatic carboxylic acids is 1. The predicted molar refractivity (Wildman–Crippen MR) is 83.7 cm³/mol. The van der Waals surface area contributed by atoms with E-state index in [9.17, 15) is 27.6 Å². The number of rotatable bonds is 9. The Morgan fingerprint density at radius 2 is 1.77 bits per heavy atom. The van der Waals surface area contributed by atoms with Crippen molar-refractivity contribution in [3.8, 4) is 0 Å². The fourth-order valence-electron chi connectivity index (χ4n) is 1.99. The summed E-state index contributed by atoms with van der Waals surface area (Å²) in [5.74, 6) is -4.65. The molecule has 0 bridgehead atoms. The van der Waals surface area contributed by atoms with Crippen molar-refractivity contribution in [2.24, 2.45) is 5.73 Å². The van der Waals surface area contributed by atoms with Crippen LogP contribution in [0.3, 0.4) is 0 Å². The molecule has 0 aromatic heterocycles. The molecule has 0 aliphatic carbocycles. The van der Waals surface area contributed by atoms with E-state index in [0.29, 0.717) is 0 Å². The number of benzene rings is 1. The first-order chi connectivity index (χ1) is 12.1. The van der Waals surface area contributed by atoms with E-state index in [0.717, 1.165) is 5.56 Å². The number of carbonyl (C=O) groups excluding carboxylic acids is 2. The summed E-state index contributed by atoms with van der Waals surface area (Å²) in [5.41, 5.74) is 6.38. The van der Waals surface area contributed by atoms with E-state index in [1.54, 1.807) is 30.3 Å². The van der Waals surface area contributed by atoms with Crippen LogP contribution in [0.1, 0.15) is 24.8 Å². The molecular formula is C16H19F3N2O5. The number of nitrogens with two attached hydrogens (primary N) is 1. The van der Waals surface area contributed by atoms with E-state index in [1.807, 2.05) is 0 Å². The summed E-state index contributed by atoms with van der Waals surface area (Å²) in [4.78, 5) is 33.5. The van der Waals surface area contributed by atoms with Gasteiger partial charge in [-0.2, -0.15) is 13.2 Å². The lowest BCUT2D eigenvalue weighted by molar-refractivity contribution is -0.175. The van der Waals surface area contributed by atoms with Crippen molar-refractivity contribution in [1.29, 1.82) is 0 Å². The van der Waals surface area contributed by atoms with E-state index in [4.69, 9.17) is 15.6 Å². The Labute approximate surface area is 147 Å². The zero-order chi connectivity index (χ0) is 19.7. The Morgan fingerprint density at radius 1 is 1.15 bits per heavy atom. The SMILES string of the molecule is NC(CCC[C@H](NC(=O)C(F)(F)F)C(=O)O)C(=O)OCc1ccccc1. The van der Waals surface area contributed by atoms with Crippen LogP contribution in [-0.4, -0.2) is 41.2 Å². The molecule has 144 valence electrons. The quantitative estimate of drug-likeness (QED) is 0.560. The molecule has 0 radical (unpaired) electrons. The van der Waals surface area contributed by atoms with Gasteiger partial charge in [0, 0.05) is 0 Å². The normalized spacial score (nSPS) is 13.5. The topological polar surface area (TPSA) is 119 Å². The standard InChI is InChI=1S/C16H19F3N2O5/c17-16(18,19)15(25)21-12(13(22)23)8-4-7-11(20)14(24)26-9-10-5-2-1-3-6-10/h1-3,5-6,11-12H,4,7-9,20H2,(H,21,25)(H,22,23)/t11?,12-/m0/s1. The van der Waals surface area contributed by atoms with Crippen LogP contribution in [0.2, 0.25) is 0 Å². The highest BCUT2D eigenvalue weighted by Gasteiger charge is 2.40. The maximum atomic E-state index is 12.2. The Balaban J connectivity index is 2.39. The molecule has 2 atom stereocenters. The molecule has 10 heteroatoms. The fourth-order valence-corrected chi connectivity index (χ4v) is 1.99. The van der Waals surface area contributed by atoms with Crippen LogP contribution in [0.4, 0.5) is 13.2 Å². The van der Waals surface area contributed by atoms with E-state index in [2.05, 4.69) is 0 Å². The number of alkyl halides is 3. The monoisotopic (exact) mass is 376 g/mol. The molecular weight excluding hydrogens is 357 g/mol. The molecule has 0 aliphatic heterocycles. The number of amides is 1. The average molecular weight is 376 g/mol. The number of carboxylic acid groups (broad SMARTS) is 1. The molecule has 0 saturated heterocycles. The van der Waals surface area contributed by atoms with Crippen LogP contribution in [0.5, 0.6) is 0 Å². The number of ether oxygens (including phenoxy) is 1. The third-order valence-electron chi connectivity index (χ3n) is 3.40. The van der Waals surface area contributed by atoms with Gasteiger partial charge in [0.15, 0.2) is 0 Å². The first-order valence-corrected chi connectivity index (χ1v) is 7.68. The molecule has 0 fully saturated rings. The summed E-state index contributed by atoms with van der Waals surface area (Å²) in [5, 5.41) is 10.3. The number of esters is 1. The van der Waals surface area contributed by atoms with Gasteiger partial charge in [-0.05, 0) is 24.8 Å². The number of hydrogen-bond acceptors (Lipinski definition) is 5. The van der Waals surface area contributed by atoms with Gasteiger partial charge < -0.3 is 20.9 Å². The maximum Gasteiger partial charge on any atom is 0.471 e. The van der Waals surface area contributed by atoms with Gasteiger partial charge in [0.05, 0.1) is 0 Å². The van der Waals surface area contributed by atoms with Gasteiger partial charge in [-0.15, -0.1) is 0 Å². The molecule has 1 aromatic carbocycles. The van der Waals surface area contributed by atoms with Crippen LogP contribution in [0.15, 0.2) is 30.3 Å². The Morgan fingerprint density at radius 3 is 2.31 bits per heavy atom. The maximum absolute atomic E-state index is 12.2. The molecule has 7 nitrogen and oxygen atoms in total. The molecule has 0 aliphatic rings. The van der Waals surface area contributed by atoms with Gasteiger partial charge in [0.25, 0.3) is 0 Å². The van der Waals surface area contributed by atoms with Crippen LogP contribution in [0, 0.1) is 0 Å². The van der Waals surface area contributed by atoms with Gasteiger partial charge in [0.1, 0.15) is 18.7 Å². The second-order valence-corrected chi connectivity index (χ2v) is 5.49. The van der Waals surface area contributed by atoms with Gasteiger partial charge in [-0.3, -0.25) is 9.59 Å². The van der Waals surface area contributed by atoms with Crippen LogP contribution in [0.25, 0.3) is 0 Å². The summed E-state index contributed by atoms with van der Waals surface area (Å²) in [6, 6.07) is 6.06. The highest BCUT2D eigenvalue weighted by Crippen LogP contribution is 2.15. The third-order valence-corrected chi connectivity index (χ3v) is 3.40. The average Bonchev–Trinajstić information content (AvgIpc) is 2.58. The highest BCUT2D eigenvalue weighted by atomic mass is 19.4. The highest BCUT2D eigenvalue weighted by molar-refractivity contribution is 5.86. The minimum Gasteiger partial charge on any atom is -0.480 e. The molecule has 1 unspecified atom stereocenters. The summed E-state index contributed by atoms with van der Waals surface area (Å²) in [6.07, 6.45) is -5.47. The van der Waals surface area contributed by atoms with Gasteiger partial charge >= 0.3 is 24.0 Å². The van der Waals surface area contributed by atoms with Crippen molar-refractivity contribution >= 4 is 17.8 Å². The number of carbonyl (C=O) groups is 3. The van der Waals surface area contributed by atoms with E-state index < -0.39 is 36.1 Å². The molecule has 0 spiro atoms. The molecule has 1 rings (SSSR count). The van der Waals surface area contributed by atoms with Crippen molar-refractivity contribution in [1.82, 2.24) is 5.32 Å². The number of carboxylic acids is 1. The lowest BCUT2D eigenvalue weighted by atomic mass is 10.1. The smallest absolute Gasteiger partial charge is 0.471 e. The largest absolute Gasteiger partial charge is 0.480 e. The Hall–Kier alpha value is -2.62. The van der Waals surface area contributed by atoms with Crippen molar-refractivity contribution in [3.63, 3.8) is 0 Å². The molecule has 0 saturated carbocycles. The van der Waals surface area contributed by atoms with E-state index in [-0.39, 0.29) is 25.9 Å². The third kappa shape index (κ3) is 7.51. The van der Waals surface area contributed by atoms with Gasteiger partial charge in [-0.1, -0.05) is 30.3 Å². The summed E-state index contributed by atoms with van der Waals surface area (Å²) >= 11 is 0. The summed E-state index contributed by atoms with van der Waals surface area (Å²) in [6.45, 7) is 0.0206. The first-order valence-electron chi connectivity index (χ1n) is 7.68. The van der Waals surface area contributed by atoms with Gasteiger partial charge in [-0.25, -0.2) is 4.79 Å². The second kappa shape index (κ2) is 9.76. The first kappa shape index (κ1) is 21.4. The fraction of sp³-hybridized carbons (Fsp3) is 0.438. The lowest BCUT2D eigenvalue weighted by Gasteiger charge is -2.16. The number of halogens is 3. The predicted octanol–water partition coefficient (Wildman–Crippen LogP) is 1.36. The second-order valence-electron chi connectivity index (χ2n) is 5.49. The van der Waals surface area contributed by atoms with Crippen LogP contribution < -0.4 is 11.1 Å². The number of hydrogen-bond donors (Lipinski definition) is 3. The Bertz CT molecular complexity index is 622.